The first-order chi connectivity index (χ1) is 16.9. The smallest absolute Gasteiger partial charge is 0.309 e. The van der Waals surface area contributed by atoms with Crippen molar-refractivity contribution in [1.29, 1.82) is 0 Å². The molecule has 0 fully saturated rings. The minimum Gasteiger partial charge on any atom is -0.309 e. The van der Waals surface area contributed by atoms with Crippen LogP contribution < -0.4 is 0 Å². The molecule has 3 aromatic rings. The van der Waals surface area contributed by atoms with Crippen molar-refractivity contribution in [1.82, 2.24) is 9.80 Å². The highest BCUT2D eigenvalue weighted by atomic mass is 19.4. The molecule has 0 heterocycles. The molecule has 0 aliphatic heterocycles. The Morgan fingerprint density at radius 2 is 1.22 bits per heavy atom. The molecule has 36 heavy (non-hydrogen) atoms. The third-order valence-electron chi connectivity index (χ3n) is 7.98. The van der Waals surface area contributed by atoms with Crippen LogP contribution in [0.1, 0.15) is 47.6 Å². The first kappa shape index (κ1) is 26.4. The number of aryl methyl sites for hydroxylation is 1. The molecule has 3 aromatic carbocycles. The van der Waals surface area contributed by atoms with E-state index in [0.717, 1.165) is 42.6 Å². The fourth-order valence-electron chi connectivity index (χ4n) is 5.68. The number of rotatable bonds is 8. The molecule has 0 N–H and O–H groups in total. The fraction of sp³-hybridized carbons (Fsp3) is 0.419. The van der Waals surface area contributed by atoms with E-state index in [-0.39, 0.29) is 11.0 Å². The van der Waals surface area contributed by atoms with E-state index < -0.39 is 11.6 Å². The summed E-state index contributed by atoms with van der Waals surface area (Å²) in [4.78, 5) is 4.33. The van der Waals surface area contributed by atoms with Gasteiger partial charge in [0, 0.05) is 5.41 Å². The Hall–Kier alpha value is -2.63. The molecular weight excluding hydrogens is 457 g/mol. The van der Waals surface area contributed by atoms with Crippen molar-refractivity contribution in [3.63, 3.8) is 0 Å². The zero-order valence-electron chi connectivity index (χ0n) is 22.2. The number of hydrogen-bond donors (Lipinski definition) is 0. The Bertz CT molecular complexity index is 1200. The lowest BCUT2D eigenvalue weighted by atomic mass is 9.69. The first-order valence-corrected chi connectivity index (χ1v) is 12.6. The number of hydrogen-bond acceptors (Lipinski definition) is 2. The molecule has 1 aliphatic carbocycles. The highest BCUT2D eigenvalue weighted by Crippen LogP contribution is 2.55. The van der Waals surface area contributed by atoms with Crippen molar-refractivity contribution in [3.8, 4) is 11.1 Å². The number of fused-ring (bicyclic) bond motifs is 3. The predicted molar refractivity (Wildman–Crippen MR) is 143 cm³/mol. The topological polar surface area (TPSA) is 6.48 Å². The normalized spacial score (nSPS) is 16.2. The Labute approximate surface area is 213 Å². The van der Waals surface area contributed by atoms with Gasteiger partial charge in [-0.15, -0.1) is 0 Å². The van der Waals surface area contributed by atoms with E-state index in [9.17, 15) is 13.2 Å². The predicted octanol–water partition coefficient (Wildman–Crippen LogP) is 7.03. The molecule has 2 nitrogen and oxygen atoms in total. The van der Waals surface area contributed by atoms with Crippen LogP contribution in [0.15, 0.2) is 66.7 Å². The molecular formula is C31H37F3N2. The van der Waals surface area contributed by atoms with Crippen LogP contribution in [0.3, 0.4) is 0 Å². The zero-order valence-corrected chi connectivity index (χ0v) is 22.2. The van der Waals surface area contributed by atoms with Crippen molar-refractivity contribution in [2.75, 3.05) is 41.3 Å². The van der Waals surface area contributed by atoms with Crippen LogP contribution in [0.4, 0.5) is 13.2 Å². The Morgan fingerprint density at radius 3 is 1.75 bits per heavy atom. The summed E-state index contributed by atoms with van der Waals surface area (Å²) in [5.41, 5.74) is 3.73. The number of benzene rings is 3. The average Bonchev–Trinajstić information content (AvgIpc) is 3.09. The molecule has 0 bridgehead atoms. The van der Waals surface area contributed by atoms with E-state index in [1.807, 2.05) is 12.1 Å². The molecule has 1 unspecified atom stereocenters. The molecule has 0 aromatic heterocycles. The summed E-state index contributed by atoms with van der Waals surface area (Å²) in [7, 11) is 8.22. The largest absolute Gasteiger partial charge is 0.402 e. The molecule has 0 saturated carbocycles. The van der Waals surface area contributed by atoms with Gasteiger partial charge in [-0.05, 0) is 101 Å². The van der Waals surface area contributed by atoms with Crippen molar-refractivity contribution < 1.29 is 13.2 Å². The fourth-order valence-corrected chi connectivity index (χ4v) is 5.68. The summed E-state index contributed by atoms with van der Waals surface area (Å²) >= 11 is 0. The summed E-state index contributed by atoms with van der Waals surface area (Å²) in [5, 5.41) is 0. The van der Waals surface area contributed by atoms with Crippen LogP contribution in [0, 0.1) is 6.92 Å². The molecule has 1 atom stereocenters. The standard InChI is InChI=1S/C31H37F3N2/c1-22-12-14-25-26-15-13-24(29(2,31(32,33)34)23-10-8-7-9-11-23)21-28(26)30(27(25)20-22,16-18-35(3)4)17-19-36(5)6/h7-15,20-21H,16-19H2,1-6H3. The lowest BCUT2D eigenvalue weighted by Crippen LogP contribution is -2.41. The zero-order chi connectivity index (χ0) is 26.3. The highest BCUT2D eigenvalue weighted by molar-refractivity contribution is 5.82. The minimum atomic E-state index is -4.44. The van der Waals surface area contributed by atoms with E-state index in [1.54, 1.807) is 36.4 Å². The summed E-state index contributed by atoms with van der Waals surface area (Å²) in [6.45, 7) is 5.10. The number of halogens is 3. The van der Waals surface area contributed by atoms with Gasteiger partial charge in [-0.25, -0.2) is 0 Å². The summed E-state index contributed by atoms with van der Waals surface area (Å²) in [6, 6.07) is 20.3. The maximum atomic E-state index is 14.8. The minimum absolute atomic E-state index is 0.260. The Kier molecular flexibility index (Phi) is 7.11. The lowest BCUT2D eigenvalue weighted by Gasteiger charge is -2.37. The van der Waals surface area contributed by atoms with E-state index in [2.05, 4.69) is 63.1 Å². The monoisotopic (exact) mass is 494 g/mol. The number of nitrogens with zero attached hydrogens (tertiary/aromatic N) is 2. The quantitative estimate of drug-likeness (QED) is 0.332. The van der Waals surface area contributed by atoms with Crippen molar-refractivity contribution >= 4 is 0 Å². The molecule has 192 valence electrons. The lowest BCUT2D eigenvalue weighted by molar-refractivity contribution is -0.173. The van der Waals surface area contributed by atoms with Gasteiger partial charge in [0.15, 0.2) is 0 Å². The van der Waals surface area contributed by atoms with Crippen molar-refractivity contribution in [2.45, 2.75) is 43.7 Å². The first-order valence-electron chi connectivity index (χ1n) is 12.6. The van der Waals surface area contributed by atoms with Gasteiger partial charge in [0.1, 0.15) is 5.41 Å². The highest BCUT2D eigenvalue weighted by Gasteiger charge is 2.54. The van der Waals surface area contributed by atoms with E-state index in [1.165, 1.54) is 18.1 Å². The van der Waals surface area contributed by atoms with Gasteiger partial charge >= 0.3 is 6.18 Å². The Balaban J connectivity index is 1.98. The van der Waals surface area contributed by atoms with Crippen molar-refractivity contribution in [2.24, 2.45) is 0 Å². The summed E-state index contributed by atoms with van der Waals surface area (Å²) < 4.78 is 44.5. The van der Waals surface area contributed by atoms with Crippen molar-refractivity contribution in [3.05, 3.63) is 94.5 Å². The van der Waals surface area contributed by atoms with Crippen LogP contribution in [-0.4, -0.2) is 57.3 Å². The molecule has 5 heteroatoms. The maximum absolute atomic E-state index is 14.8. The van der Waals surface area contributed by atoms with Gasteiger partial charge in [0.25, 0.3) is 0 Å². The van der Waals surface area contributed by atoms with E-state index in [4.69, 9.17) is 0 Å². The van der Waals surface area contributed by atoms with E-state index in [0.29, 0.717) is 5.56 Å². The van der Waals surface area contributed by atoms with Gasteiger partial charge < -0.3 is 9.80 Å². The number of alkyl halides is 3. The molecule has 1 aliphatic rings. The second-order valence-corrected chi connectivity index (χ2v) is 11.0. The second-order valence-electron chi connectivity index (χ2n) is 11.0. The Morgan fingerprint density at radius 1 is 0.694 bits per heavy atom. The average molecular weight is 495 g/mol. The third kappa shape index (κ3) is 4.48. The second kappa shape index (κ2) is 9.68. The summed E-state index contributed by atoms with van der Waals surface area (Å²) in [6.07, 6.45) is -2.76. The molecule has 0 saturated heterocycles. The van der Waals surface area contributed by atoms with Crippen LogP contribution in [-0.2, 0) is 10.8 Å². The summed E-state index contributed by atoms with van der Waals surface area (Å²) in [5.74, 6) is 0. The van der Waals surface area contributed by atoms with Gasteiger partial charge in [-0.2, -0.15) is 13.2 Å². The SMILES string of the molecule is Cc1ccc2c(c1)C(CCN(C)C)(CCN(C)C)c1cc(C(C)(c3ccccc3)C(F)(F)F)ccc1-2. The molecule has 0 radical (unpaired) electrons. The molecule has 0 spiro atoms. The van der Waals surface area contributed by atoms with Crippen LogP contribution in [0.25, 0.3) is 11.1 Å². The van der Waals surface area contributed by atoms with Crippen LogP contribution in [0.2, 0.25) is 0 Å². The van der Waals surface area contributed by atoms with Gasteiger partial charge in [-0.3, -0.25) is 0 Å². The van der Waals surface area contributed by atoms with Gasteiger partial charge in [0.05, 0.1) is 0 Å². The molecule has 4 rings (SSSR count). The third-order valence-corrected chi connectivity index (χ3v) is 7.98. The molecule has 0 amide bonds. The van der Waals surface area contributed by atoms with Gasteiger partial charge in [0.2, 0.25) is 0 Å². The van der Waals surface area contributed by atoms with E-state index >= 15 is 0 Å². The maximum Gasteiger partial charge on any atom is 0.402 e. The van der Waals surface area contributed by atoms with Crippen LogP contribution in [0.5, 0.6) is 0 Å². The van der Waals surface area contributed by atoms with Crippen LogP contribution >= 0.6 is 0 Å². The van der Waals surface area contributed by atoms with Gasteiger partial charge in [-0.1, -0.05) is 72.3 Å².